The minimum absolute atomic E-state index is 0.0645. The van der Waals surface area contributed by atoms with E-state index in [0.29, 0.717) is 19.2 Å². The summed E-state index contributed by atoms with van der Waals surface area (Å²) < 4.78 is 4.97. The van der Waals surface area contributed by atoms with Crippen molar-refractivity contribution in [1.29, 1.82) is 0 Å². The number of esters is 1. The first kappa shape index (κ1) is 16.1. The first-order chi connectivity index (χ1) is 8.78. The van der Waals surface area contributed by atoms with Gasteiger partial charge in [-0.1, -0.05) is 0 Å². The van der Waals surface area contributed by atoms with Gasteiger partial charge in [-0.3, -0.25) is 14.5 Å². The predicted octanol–water partition coefficient (Wildman–Crippen LogP) is 0.781. The highest BCUT2D eigenvalue weighted by Crippen LogP contribution is 2.21. The molecule has 0 radical (unpaired) electrons. The highest BCUT2D eigenvalue weighted by molar-refractivity contribution is 6.03. The van der Waals surface area contributed by atoms with E-state index in [-0.39, 0.29) is 5.78 Å². The third kappa shape index (κ3) is 4.01. The van der Waals surface area contributed by atoms with Gasteiger partial charge in [-0.2, -0.15) is 0 Å². The Bertz CT molecular complexity index is 340. The van der Waals surface area contributed by atoms with Gasteiger partial charge in [-0.25, -0.2) is 0 Å². The van der Waals surface area contributed by atoms with Crippen LogP contribution in [0.5, 0.6) is 0 Å². The average molecular weight is 270 g/mol. The monoisotopic (exact) mass is 270 g/mol. The molecule has 1 unspecified atom stereocenters. The number of carbonyl (C=O) groups is 2. The predicted molar refractivity (Wildman–Crippen MR) is 74.0 cm³/mol. The maximum Gasteiger partial charge on any atom is 0.319 e. The van der Waals surface area contributed by atoms with Crippen LogP contribution in [0, 0.1) is 5.41 Å². The lowest BCUT2D eigenvalue weighted by Crippen LogP contribution is -2.42. The van der Waals surface area contributed by atoms with E-state index >= 15 is 0 Å². The number of hydrogen-bond acceptors (Lipinski definition) is 5. The van der Waals surface area contributed by atoms with Crippen LogP contribution in [0.25, 0.3) is 0 Å². The molecule has 0 amide bonds. The number of Topliss-reactive ketones (excluding diaryl/α,β-unsaturated/α-hetero) is 1. The zero-order chi connectivity index (χ0) is 14.6. The standard InChI is InChI=1S/C14H26N2O3/c1-6-19-13(18)14(2,3)12(17)10-16-8-7-11(9-16)15(4)5/h11H,6-10H2,1-5H3. The van der Waals surface area contributed by atoms with Crippen LogP contribution in [0.15, 0.2) is 0 Å². The Labute approximate surface area is 115 Å². The Kier molecular flexibility index (Phi) is 5.50. The van der Waals surface area contributed by atoms with Crippen molar-refractivity contribution in [3.63, 3.8) is 0 Å². The van der Waals surface area contributed by atoms with Gasteiger partial charge in [0.1, 0.15) is 5.41 Å². The molecule has 110 valence electrons. The number of nitrogens with zero attached hydrogens (tertiary/aromatic N) is 2. The van der Waals surface area contributed by atoms with Crippen LogP contribution < -0.4 is 0 Å². The summed E-state index contributed by atoms with van der Waals surface area (Å²) in [4.78, 5) is 28.3. The van der Waals surface area contributed by atoms with Crippen molar-refractivity contribution in [3.8, 4) is 0 Å². The Morgan fingerprint density at radius 1 is 1.37 bits per heavy atom. The van der Waals surface area contributed by atoms with E-state index in [0.717, 1.165) is 19.5 Å². The highest BCUT2D eigenvalue weighted by Gasteiger charge is 2.38. The Hall–Kier alpha value is -0.940. The van der Waals surface area contributed by atoms with Crippen molar-refractivity contribution in [3.05, 3.63) is 0 Å². The molecule has 1 fully saturated rings. The van der Waals surface area contributed by atoms with Gasteiger partial charge in [0.2, 0.25) is 0 Å². The van der Waals surface area contributed by atoms with Crippen molar-refractivity contribution in [2.45, 2.75) is 33.2 Å². The summed E-state index contributed by atoms with van der Waals surface area (Å²) in [6.45, 7) is 7.48. The van der Waals surface area contributed by atoms with Gasteiger partial charge in [0, 0.05) is 19.1 Å². The van der Waals surface area contributed by atoms with Crippen LogP contribution in [-0.4, -0.2) is 67.9 Å². The summed E-state index contributed by atoms with van der Waals surface area (Å²) in [5.41, 5.74) is -1.05. The number of likely N-dealkylation sites (tertiary alicyclic amines) is 1. The normalized spacial score (nSPS) is 20.8. The molecule has 0 aromatic rings. The number of carbonyl (C=O) groups excluding carboxylic acids is 2. The quantitative estimate of drug-likeness (QED) is 0.527. The molecule has 1 aliphatic heterocycles. The van der Waals surface area contributed by atoms with E-state index in [1.165, 1.54) is 0 Å². The van der Waals surface area contributed by atoms with Gasteiger partial charge >= 0.3 is 5.97 Å². The molecular formula is C14H26N2O3. The van der Waals surface area contributed by atoms with Crippen molar-refractivity contribution >= 4 is 11.8 Å². The minimum atomic E-state index is -1.05. The molecule has 0 saturated carbocycles. The molecule has 1 aliphatic rings. The molecular weight excluding hydrogens is 244 g/mol. The van der Waals surface area contributed by atoms with E-state index in [1.807, 2.05) is 0 Å². The number of likely N-dealkylation sites (N-methyl/N-ethyl adjacent to an activating group) is 1. The molecule has 1 atom stereocenters. The molecule has 5 heteroatoms. The van der Waals surface area contributed by atoms with Crippen LogP contribution in [0.1, 0.15) is 27.2 Å². The lowest BCUT2D eigenvalue weighted by molar-refractivity contribution is -0.158. The molecule has 0 N–H and O–H groups in total. The smallest absolute Gasteiger partial charge is 0.319 e. The zero-order valence-corrected chi connectivity index (χ0v) is 12.7. The molecule has 0 aliphatic carbocycles. The molecule has 1 saturated heterocycles. The third-order valence-electron chi connectivity index (χ3n) is 3.83. The topological polar surface area (TPSA) is 49.9 Å². The minimum Gasteiger partial charge on any atom is -0.465 e. The van der Waals surface area contributed by atoms with E-state index in [4.69, 9.17) is 4.74 Å². The first-order valence-corrected chi connectivity index (χ1v) is 6.88. The lowest BCUT2D eigenvalue weighted by atomic mass is 9.88. The van der Waals surface area contributed by atoms with Crippen LogP contribution >= 0.6 is 0 Å². The summed E-state index contributed by atoms with van der Waals surface area (Å²) >= 11 is 0. The lowest BCUT2D eigenvalue weighted by Gasteiger charge is -2.25. The Morgan fingerprint density at radius 3 is 2.47 bits per heavy atom. The second kappa shape index (κ2) is 6.48. The molecule has 0 spiro atoms. The molecule has 5 nitrogen and oxygen atoms in total. The van der Waals surface area contributed by atoms with Gasteiger partial charge in [-0.05, 0) is 41.3 Å². The van der Waals surface area contributed by atoms with Crippen molar-refractivity contribution in [2.24, 2.45) is 5.41 Å². The van der Waals surface area contributed by atoms with Gasteiger partial charge < -0.3 is 9.64 Å². The molecule has 0 aromatic carbocycles. The third-order valence-corrected chi connectivity index (χ3v) is 3.83. The summed E-state index contributed by atoms with van der Waals surface area (Å²) in [5, 5.41) is 0. The summed E-state index contributed by atoms with van der Waals surface area (Å²) in [7, 11) is 4.11. The summed E-state index contributed by atoms with van der Waals surface area (Å²) in [5.74, 6) is -0.492. The van der Waals surface area contributed by atoms with Gasteiger partial charge in [-0.15, -0.1) is 0 Å². The molecule has 1 rings (SSSR count). The van der Waals surface area contributed by atoms with E-state index in [1.54, 1.807) is 20.8 Å². The fourth-order valence-corrected chi connectivity index (χ4v) is 2.20. The molecule has 0 aromatic heterocycles. The zero-order valence-electron chi connectivity index (χ0n) is 12.7. The van der Waals surface area contributed by atoms with E-state index < -0.39 is 11.4 Å². The number of ether oxygens (including phenoxy) is 1. The maximum absolute atomic E-state index is 12.3. The highest BCUT2D eigenvalue weighted by atomic mass is 16.5. The van der Waals surface area contributed by atoms with Gasteiger partial charge in [0.05, 0.1) is 13.2 Å². The Morgan fingerprint density at radius 2 is 2.00 bits per heavy atom. The average Bonchev–Trinajstić information content (AvgIpc) is 2.77. The SMILES string of the molecule is CCOC(=O)C(C)(C)C(=O)CN1CCC(N(C)C)C1. The molecule has 0 bridgehead atoms. The number of rotatable bonds is 6. The first-order valence-electron chi connectivity index (χ1n) is 6.88. The largest absolute Gasteiger partial charge is 0.465 e. The van der Waals surface area contributed by atoms with Crippen LogP contribution in [0.4, 0.5) is 0 Å². The van der Waals surface area contributed by atoms with Gasteiger partial charge in [0.15, 0.2) is 5.78 Å². The Balaban J connectivity index is 2.53. The second-order valence-electron chi connectivity index (χ2n) is 5.91. The molecule has 1 heterocycles. The van der Waals surface area contributed by atoms with Crippen molar-refractivity contribution < 1.29 is 14.3 Å². The van der Waals surface area contributed by atoms with Crippen LogP contribution in [-0.2, 0) is 14.3 Å². The van der Waals surface area contributed by atoms with E-state index in [2.05, 4.69) is 23.9 Å². The van der Waals surface area contributed by atoms with Gasteiger partial charge in [0.25, 0.3) is 0 Å². The van der Waals surface area contributed by atoms with Crippen molar-refractivity contribution in [2.75, 3.05) is 40.3 Å². The number of hydrogen-bond donors (Lipinski definition) is 0. The summed E-state index contributed by atoms with van der Waals surface area (Å²) in [6.07, 6.45) is 1.07. The molecule has 19 heavy (non-hydrogen) atoms. The summed E-state index contributed by atoms with van der Waals surface area (Å²) in [6, 6.07) is 0.499. The van der Waals surface area contributed by atoms with Crippen LogP contribution in [0.3, 0.4) is 0 Å². The fourth-order valence-electron chi connectivity index (χ4n) is 2.20. The maximum atomic E-state index is 12.3. The van der Waals surface area contributed by atoms with E-state index in [9.17, 15) is 9.59 Å². The second-order valence-corrected chi connectivity index (χ2v) is 5.91. The van der Waals surface area contributed by atoms with Crippen molar-refractivity contribution in [1.82, 2.24) is 9.80 Å². The van der Waals surface area contributed by atoms with Crippen LogP contribution in [0.2, 0.25) is 0 Å². The number of ketones is 1. The fraction of sp³-hybridized carbons (Fsp3) is 0.857.